The molecule has 0 saturated heterocycles. The van der Waals surface area contributed by atoms with Crippen molar-refractivity contribution in [1.82, 2.24) is 0 Å². The third-order valence-corrected chi connectivity index (χ3v) is 11.4. The number of hydrogen-bond donors (Lipinski definition) is 1. The van der Waals surface area contributed by atoms with Gasteiger partial charge in [-0.2, -0.15) is 0 Å². The van der Waals surface area contributed by atoms with Crippen molar-refractivity contribution in [3.05, 3.63) is 35.4 Å². The monoisotopic (exact) mass is 329 g/mol. The molecule has 0 bridgehead atoms. The summed E-state index contributed by atoms with van der Waals surface area (Å²) in [5.41, 5.74) is 12.9. The Morgan fingerprint density at radius 2 is 1.43 bits per heavy atom. The molecule has 0 fully saturated rings. The van der Waals surface area contributed by atoms with Crippen molar-refractivity contribution < 1.29 is 4.79 Å². The fraction of sp³-hybridized carbons (Fsp3) is 0.550. The van der Waals surface area contributed by atoms with E-state index in [9.17, 15) is 4.79 Å². The Hall–Kier alpha value is -1.53. The van der Waals surface area contributed by atoms with Gasteiger partial charge in [0.05, 0.1) is 5.92 Å². The summed E-state index contributed by atoms with van der Waals surface area (Å²) in [5, 5.41) is 0. The van der Waals surface area contributed by atoms with Crippen LogP contribution in [0.2, 0.25) is 16.6 Å². The molecule has 0 spiro atoms. The molecule has 1 amide bonds. The first kappa shape index (κ1) is 19.5. The standard InChI is InChI=1S/C20H31NOSi/c1-14(2)23(15(3)4,16(5)6)13-12-18-10-8-9-11-19(18)17(7)20(21)22/h8-11,14-17H,1-7H3,(H2,21,22). The van der Waals surface area contributed by atoms with Crippen LogP contribution in [0.3, 0.4) is 0 Å². The van der Waals surface area contributed by atoms with Crippen LogP contribution in [0.25, 0.3) is 0 Å². The van der Waals surface area contributed by atoms with E-state index >= 15 is 0 Å². The molecule has 1 rings (SSSR count). The molecule has 1 atom stereocenters. The quantitative estimate of drug-likeness (QED) is 0.609. The summed E-state index contributed by atoms with van der Waals surface area (Å²) in [6.07, 6.45) is 0. The first-order valence-electron chi connectivity index (χ1n) is 8.55. The van der Waals surface area contributed by atoms with Gasteiger partial charge < -0.3 is 5.73 Å². The maximum atomic E-state index is 11.6. The molecule has 126 valence electrons. The Bertz CT molecular complexity index is 586. The van der Waals surface area contributed by atoms with E-state index in [-0.39, 0.29) is 11.8 Å². The zero-order chi connectivity index (χ0) is 17.8. The zero-order valence-corrected chi connectivity index (χ0v) is 16.6. The van der Waals surface area contributed by atoms with Crippen molar-refractivity contribution in [2.45, 2.75) is 71.0 Å². The molecule has 2 N–H and O–H groups in total. The summed E-state index contributed by atoms with van der Waals surface area (Å²) in [6, 6.07) is 7.88. The van der Waals surface area contributed by atoms with Gasteiger partial charge in [-0.05, 0) is 35.2 Å². The van der Waals surface area contributed by atoms with Crippen molar-refractivity contribution in [3.8, 4) is 11.5 Å². The molecular weight excluding hydrogens is 298 g/mol. The van der Waals surface area contributed by atoms with E-state index in [4.69, 9.17) is 5.73 Å². The van der Waals surface area contributed by atoms with Gasteiger partial charge in [-0.1, -0.05) is 65.7 Å². The lowest BCUT2D eigenvalue weighted by atomic mass is 9.96. The van der Waals surface area contributed by atoms with E-state index in [1.54, 1.807) is 0 Å². The van der Waals surface area contributed by atoms with Crippen LogP contribution < -0.4 is 5.73 Å². The highest BCUT2D eigenvalue weighted by Crippen LogP contribution is 2.40. The second kappa shape index (κ2) is 7.83. The van der Waals surface area contributed by atoms with Crippen LogP contribution in [0.5, 0.6) is 0 Å². The van der Waals surface area contributed by atoms with Gasteiger partial charge in [-0.25, -0.2) is 0 Å². The average molecular weight is 330 g/mol. The summed E-state index contributed by atoms with van der Waals surface area (Å²) in [4.78, 5) is 11.6. The summed E-state index contributed by atoms with van der Waals surface area (Å²) in [5.74, 6) is 2.82. The number of rotatable bonds is 5. The highest BCUT2D eigenvalue weighted by molar-refractivity contribution is 6.90. The lowest BCUT2D eigenvalue weighted by Crippen LogP contribution is -2.43. The van der Waals surface area contributed by atoms with Crippen LogP contribution in [0.15, 0.2) is 24.3 Å². The van der Waals surface area contributed by atoms with Crippen molar-refractivity contribution in [3.63, 3.8) is 0 Å². The minimum Gasteiger partial charge on any atom is -0.369 e. The Morgan fingerprint density at radius 1 is 0.957 bits per heavy atom. The average Bonchev–Trinajstić information content (AvgIpc) is 2.46. The molecule has 0 aliphatic rings. The van der Waals surface area contributed by atoms with E-state index < -0.39 is 8.07 Å². The molecule has 2 nitrogen and oxygen atoms in total. The van der Waals surface area contributed by atoms with Crippen LogP contribution in [0.4, 0.5) is 0 Å². The maximum Gasteiger partial charge on any atom is 0.224 e. The smallest absolute Gasteiger partial charge is 0.224 e. The van der Waals surface area contributed by atoms with Crippen molar-refractivity contribution in [1.29, 1.82) is 0 Å². The Kier molecular flexibility index (Phi) is 6.65. The Balaban J connectivity index is 3.42. The van der Waals surface area contributed by atoms with Crippen LogP contribution >= 0.6 is 0 Å². The Morgan fingerprint density at radius 3 is 1.87 bits per heavy atom. The molecular formula is C20H31NOSi. The van der Waals surface area contributed by atoms with E-state index in [0.717, 1.165) is 11.1 Å². The van der Waals surface area contributed by atoms with Gasteiger partial charge in [0, 0.05) is 5.56 Å². The van der Waals surface area contributed by atoms with E-state index in [2.05, 4.69) is 53.0 Å². The number of carbonyl (C=O) groups excluding carboxylic acids is 1. The molecule has 0 aliphatic carbocycles. The van der Waals surface area contributed by atoms with Crippen molar-refractivity contribution in [2.24, 2.45) is 5.73 Å². The van der Waals surface area contributed by atoms with Crippen molar-refractivity contribution >= 4 is 14.0 Å². The van der Waals surface area contributed by atoms with Crippen LogP contribution in [-0.4, -0.2) is 14.0 Å². The number of carbonyl (C=O) groups is 1. The fourth-order valence-electron chi connectivity index (χ4n) is 3.75. The minimum atomic E-state index is -1.77. The van der Waals surface area contributed by atoms with Crippen LogP contribution in [-0.2, 0) is 4.79 Å². The first-order valence-corrected chi connectivity index (χ1v) is 10.8. The van der Waals surface area contributed by atoms with E-state index in [1.165, 1.54) is 0 Å². The first-order chi connectivity index (χ1) is 10.6. The molecule has 0 radical (unpaired) electrons. The van der Waals surface area contributed by atoms with Gasteiger partial charge >= 0.3 is 0 Å². The predicted molar refractivity (Wildman–Crippen MR) is 102 cm³/mol. The van der Waals surface area contributed by atoms with E-state index in [0.29, 0.717) is 16.6 Å². The second-order valence-electron chi connectivity index (χ2n) is 7.36. The van der Waals surface area contributed by atoms with E-state index in [1.807, 2.05) is 31.2 Å². The van der Waals surface area contributed by atoms with Gasteiger partial charge in [-0.15, -0.1) is 5.54 Å². The third kappa shape index (κ3) is 4.06. The topological polar surface area (TPSA) is 43.1 Å². The maximum absolute atomic E-state index is 11.6. The second-order valence-corrected chi connectivity index (χ2v) is 12.9. The molecule has 0 aromatic heterocycles. The van der Waals surface area contributed by atoms with Crippen molar-refractivity contribution in [2.75, 3.05) is 0 Å². The lowest BCUT2D eigenvalue weighted by molar-refractivity contribution is -0.119. The molecule has 0 heterocycles. The number of hydrogen-bond acceptors (Lipinski definition) is 1. The van der Waals surface area contributed by atoms with Gasteiger partial charge in [0.2, 0.25) is 5.91 Å². The number of primary amides is 1. The predicted octanol–water partition coefficient (Wildman–Crippen LogP) is 4.84. The normalized spacial score (nSPS) is 13.1. The van der Waals surface area contributed by atoms with Crippen LogP contribution in [0, 0.1) is 11.5 Å². The largest absolute Gasteiger partial charge is 0.369 e. The Labute approximate surface area is 142 Å². The lowest BCUT2D eigenvalue weighted by Gasteiger charge is -2.38. The highest BCUT2D eigenvalue weighted by Gasteiger charge is 2.41. The van der Waals surface area contributed by atoms with Gasteiger partial charge in [-0.3, -0.25) is 4.79 Å². The van der Waals surface area contributed by atoms with Gasteiger partial charge in [0.15, 0.2) is 0 Å². The molecule has 1 aromatic rings. The molecule has 1 unspecified atom stereocenters. The zero-order valence-electron chi connectivity index (χ0n) is 15.6. The summed E-state index contributed by atoms with van der Waals surface area (Å²) in [6.45, 7) is 15.7. The third-order valence-electron chi connectivity index (χ3n) is 5.13. The number of amides is 1. The van der Waals surface area contributed by atoms with Gasteiger partial charge in [0.25, 0.3) is 0 Å². The molecule has 23 heavy (non-hydrogen) atoms. The summed E-state index contributed by atoms with van der Waals surface area (Å²) in [7, 11) is -1.77. The van der Waals surface area contributed by atoms with Crippen LogP contribution in [0.1, 0.15) is 65.5 Å². The molecule has 1 aromatic carbocycles. The summed E-state index contributed by atoms with van der Waals surface area (Å²) < 4.78 is 0. The molecule has 3 heteroatoms. The molecule has 0 aliphatic heterocycles. The fourth-order valence-corrected chi connectivity index (χ4v) is 8.97. The number of nitrogens with two attached hydrogens (primary N) is 1. The number of benzene rings is 1. The highest BCUT2D eigenvalue weighted by atomic mass is 28.3. The molecule has 0 saturated carbocycles. The minimum absolute atomic E-state index is 0.306. The summed E-state index contributed by atoms with van der Waals surface area (Å²) >= 11 is 0. The van der Waals surface area contributed by atoms with Gasteiger partial charge in [0.1, 0.15) is 8.07 Å². The SMILES string of the molecule is CC(C(N)=O)c1ccccc1C#C[Si](C(C)C)(C(C)C)C(C)C.